The molecule has 1 N–H and O–H groups in total. The van der Waals surface area contributed by atoms with Crippen LogP contribution < -0.4 is 10.2 Å². The van der Waals surface area contributed by atoms with E-state index < -0.39 is 0 Å². The lowest BCUT2D eigenvalue weighted by atomic mass is 9.82. The number of allylic oxidation sites excluding steroid dienone is 2. The van der Waals surface area contributed by atoms with Gasteiger partial charge in [-0.25, -0.2) is 4.90 Å². The Labute approximate surface area is 164 Å². The topological polar surface area (TPSA) is 66.5 Å². The van der Waals surface area contributed by atoms with Crippen LogP contribution in [0.2, 0.25) is 0 Å². The van der Waals surface area contributed by atoms with Crippen LogP contribution in [0.4, 0.5) is 5.69 Å². The molecule has 1 fully saturated rings. The summed E-state index contributed by atoms with van der Waals surface area (Å²) in [6, 6.07) is 16.4. The summed E-state index contributed by atoms with van der Waals surface area (Å²) >= 11 is 0. The van der Waals surface area contributed by atoms with E-state index in [0.29, 0.717) is 30.6 Å². The molecule has 0 unspecified atom stereocenters. The molecule has 2 atom stereocenters. The van der Waals surface area contributed by atoms with Crippen molar-refractivity contribution in [2.45, 2.75) is 26.3 Å². The standard InChI is InChI=1S/C23H22N2O3/c1-15-11-12-17-19(13-15)23(28)25(22(17)27)20-10-6-5-9-18(20)21(26)24-14-16-7-3-2-4-8-16/h2-11,17,19H,12-14H2,1H3,(H,24,26)/t17-,19-/m0/s1. The van der Waals surface area contributed by atoms with E-state index in [-0.39, 0.29) is 29.6 Å². The summed E-state index contributed by atoms with van der Waals surface area (Å²) in [6.45, 7) is 2.37. The van der Waals surface area contributed by atoms with Crippen LogP contribution in [-0.2, 0) is 16.1 Å². The quantitative estimate of drug-likeness (QED) is 0.658. The van der Waals surface area contributed by atoms with Gasteiger partial charge in [0.1, 0.15) is 0 Å². The molecule has 5 heteroatoms. The second-order valence-electron chi connectivity index (χ2n) is 7.40. The molecule has 1 aliphatic heterocycles. The van der Waals surface area contributed by atoms with Crippen molar-refractivity contribution >= 4 is 23.4 Å². The number of hydrogen-bond donors (Lipinski definition) is 1. The zero-order chi connectivity index (χ0) is 19.7. The lowest BCUT2D eigenvalue weighted by molar-refractivity contribution is -0.122. The normalized spacial score (nSPS) is 21.3. The summed E-state index contributed by atoms with van der Waals surface area (Å²) in [5, 5.41) is 2.88. The minimum absolute atomic E-state index is 0.203. The average Bonchev–Trinajstić information content (AvgIpc) is 2.96. The first-order chi connectivity index (χ1) is 13.6. The fraction of sp³-hybridized carbons (Fsp3) is 0.261. The Morgan fingerprint density at radius 2 is 1.68 bits per heavy atom. The van der Waals surface area contributed by atoms with Crippen LogP contribution in [0, 0.1) is 11.8 Å². The number of benzene rings is 2. The van der Waals surface area contributed by atoms with Crippen molar-refractivity contribution in [3.8, 4) is 0 Å². The molecule has 2 aromatic carbocycles. The first-order valence-corrected chi connectivity index (χ1v) is 9.51. The molecule has 4 rings (SSSR count). The van der Waals surface area contributed by atoms with Gasteiger partial charge in [0.25, 0.3) is 5.91 Å². The monoisotopic (exact) mass is 374 g/mol. The third-order valence-electron chi connectivity index (χ3n) is 5.51. The SMILES string of the molecule is CC1=CC[C@@H]2C(=O)N(c3ccccc3C(=O)NCc3ccccc3)C(=O)[C@H]2C1. The molecular formula is C23H22N2O3. The average molecular weight is 374 g/mol. The molecule has 2 aliphatic rings. The Bertz CT molecular complexity index is 965. The molecular weight excluding hydrogens is 352 g/mol. The van der Waals surface area contributed by atoms with Gasteiger partial charge in [0, 0.05) is 6.54 Å². The molecule has 5 nitrogen and oxygen atoms in total. The van der Waals surface area contributed by atoms with E-state index in [1.165, 1.54) is 4.90 Å². The predicted octanol–water partition coefficient (Wildman–Crippen LogP) is 3.46. The molecule has 0 bridgehead atoms. The lowest BCUT2D eigenvalue weighted by Crippen LogP contribution is -2.34. The molecule has 1 saturated heterocycles. The van der Waals surface area contributed by atoms with E-state index in [9.17, 15) is 14.4 Å². The number of para-hydroxylation sites is 1. The fourth-order valence-electron chi connectivity index (χ4n) is 4.01. The number of imide groups is 1. The van der Waals surface area contributed by atoms with Gasteiger partial charge in [-0.2, -0.15) is 0 Å². The summed E-state index contributed by atoms with van der Waals surface area (Å²) in [7, 11) is 0. The number of anilines is 1. The Morgan fingerprint density at radius 1 is 1.00 bits per heavy atom. The van der Waals surface area contributed by atoms with Gasteiger partial charge < -0.3 is 5.32 Å². The largest absolute Gasteiger partial charge is 0.348 e. The van der Waals surface area contributed by atoms with Crippen molar-refractivity contribution in [3.63, 3.8) is 0 Å². The summed E-state index contributed by atoms with van der Waals surface area (Å²) in [5.41, 5.74) is 2.82. The summed E-state index contributed by atoms with van der Waals surface area (Å²) in [4.78, 5) is 40.0. The number of carbonyl (C=O) groups is 3. The van der Waals surface area contributed by atoms with Gasteiger partial charge in [0.2, 0.25) is 11.8 Å². The maximum Gasteiger partial charge on any atom is 0.253 e. The van der Waals surface area contributed by atoms with Crippen LogP contribution in [0.5, 0.6) is 0 Å². The smallest absolute Gasteiger partial charge is 0.253 e. The molecule has 0 saturated carbocycles. The van der Waals surface area contributed by atoms with Crippen LogP contribution >= 0.6 is 0 Å². The molecule has 142 valence electrons. The van der Waals surface area contributed by atoms with Crippen molar-refractivity contribution in [2.75, 3.05) is 4.90 Å². The second-order valence-corrected chi connectivity index (χ2v) is 7.40. The van der Waals surface area contributed by atoms with E-state index in [4.69, 9.17) is 0 Å². The number of nitrogens with zero attached hydrogens (tertiary/aromatic N) is 1. The van der Waals surface area contributed by atoms with Gasteiger partial charge in [0.05, 0.1) is 23.1 Å². The van der Waals surface area contributed by atoms with Crippen molar-refractivity contribution in [2.24, 2.45) is 11.8 Å². The van der Waals surface area contributed by atoms with E-state index >= 15 is 0 Å². The van der Waals surface area contributed by atoms with Gasteiger partial charge in [-0.05, 0) is 37.5 Å². The third-order valence-corrected chi connectivity index (χ3v) is 5.51. The minimum atomic E-state index is -0.323. The highest BCUT2D eigenvalue weighted by Crippen LogP contribution is 2.40. The highest BCUT2D eigenvalue weighted by Gasteiger charge is 2.49. The predicted molar refractivity (Wildman–Crippen MR) is 107 cm³/mol. The van der Waals surface area contributed by atoms with E-state index in [0.717, 1.165) is 11.1 Å². The molecule has 3 amide bonds. The summed E-state index contributed by atoms with van der Waals surface area (Å²) in [6.07, 6.45) is 3.22. The maximum atomic E-state index is 13.0. The molecule has 1 heterocycles. The van der Waals surface area contributed by atoms with E-state index in [1.807, 2.05) is 43.3 Å². The number of rotatable bonds is 4. The second kappa shape index (κ2) is 7.43. The van der Waals surface area contributed by atoms with Crippen molar-refractivity contribution < 1.29 is 14.4 Å². The van der Waals surface area contributed by atoms with Crippen LogP contribution in [0.15, 0.2) is 66.2 Å². The Balaban J connectivity index is 1.59. The van der Waals surface area contributed by atoms with Crippen molar-refractivity contribution in [1.82, 2.24) is 5.32 Å². The van der Waals surface area contributed by atoms with Gasteiger partial charge >= 0.3 is 0 Å². The number of amides is 3. The molecule has 0 aromatic heterocycles. The molecule has 0 spiro atoms. The van der Waals surface area contributed by atoms with Crippen LogP contribution in [0.3, 0.4) is 0 Å². The number of nitrogens with one attached hydrogen (secondary N) is 1. The number of fused-ring (bicyclic) bond motifs is 1. The minimum Gasteiger partial charge on any atom is -0.348 e. The molecule has 28 heavy (non-hydrogen) atoms. The maximum absolute atomic E-state index is 13.0. The number of hydrogen-bond acceptors (Lipinski definition) is 3. The van der Waals surface area contributed by atoms with Gasteiger partial charge in [0.15, 0.2) is 0 Å². The Hall–Kier alpha value is -3.21. The van der Waals surface area contributed by atoms with E-state index in [2.05, 4.69) is 5.32 Å². The van der Waals surface area contributed by atoms with Crippen LogP contribution in [0.25, 0.3) is 0 Å². The highest BCUT2D eigenvalue weighted by atomic mass is 16.2. The third kappa shape index (κ3) is 3.24. The first kappa shape index (κ1) is 18.2. The van der Waals surface area contributed by atoms with Gasteiger partial charge in [-0.1, -0.05) is 54.1 Å². The highest BCUT2D eigenvalue weighted by molar-refractivity contribution is 6.24. The molecule has 1 aliphatic carbocycles. The van der Waals surface area contributed by atoms with Crippen LogP contribution in [0.1, 0.15) is 35.7 Å². The zero-order valence-electron chi connectivity index (χ0n) is 15.7. The van der Waals surface area contributed by atoms with E-state index in [1.54, 1.807) is 24.3 Å². The van der Waals surface area contributed by atoms with Gasteiger partial charge in [-0.3, -0.25) is 14.4 Å². The fourth-order valence-corrected chi connectivity index (χ4v) is 4.01. The molecule has 0 radical (unpaired) electrons. The van der Waals surface area contributed by atoms with Crippen molar-refractivity contribution in [1.29, 1.82) is 0 Å². The molecule has 2 aromatic rings. The van der Waals surface area contributed by atoms with Crippen LogP contribution in [-0.4, -0.2) is 17.7 Å². The summed E-state index contributed by atoms with van der Waals surface area (Å²) in [5.74, 6) is -1.35. The lowest BCUT2D eigenvalue weighted by Gasteiger charge is -2.19. The van der Waals surface area contributed by atoms with Gasteiger partial charge in [-0.15, -0.1) is 0 Å². The zero-order valence-corrected chi connectivity index (χ0v) is 15.7. The first-order valence-electron chi connectivity index (χ1n) is 9.51. The number of carbonyl (C=O) groups excluding carboxylic acids is 3. The Morgan fingerprint density at radius 3 is 2.46 bits per heavy atom. The Kier molecular flexibility index (Phi) is 4.82. The van der Waals surface area contributed by atoms with Crippen molar-refractivity contribution in [3.05, 3.63) is 77.4 Å². The summed E-state index contributed by atoms with van der Waals surface area (Å²) < 4.78 is 0.